The van der Waals surface area contributed by atoms with Gasteiger partial charge < -0.3 is 29.5 Å². The third kappa shape index (κ3) is 16.7. The quantitative estimate of drug-likeness (QED) is 0.0736. The Morgan fingerprint density at radius 1 is 0.458 bits per heavy atom. The number of phenolic OH excluding ortho intramolecular Hbond substituents is 3. The number of hydrogen-bond donors (Lipinski definition) is 3. The molecule has 3 N–H and O–H groups in total. The number of ether oxygens (including phenoxy) is 3. The Bertz CT molecular complexity index is 3130. The van der Waals surface area contributed by atoms with Crippen molar-refractivity contribution in [1.29, 1.82) is 0 Å². The zero-order chi connectivity index (χ0) is 51.5. The highest BCUT2D eigenvalue weighted by molar-refractivity contribution is 7.56. The van der Waals surface area contributed by atoms with E-state index in [-0.39, 0.29) is 31.4 Å². The van der Waals surface area contributed by atoms with Crippen LogP contribution in [0.2, 0.25) is 0 Å². The first kappa shape index (κ1) is 54.1. The first-order chi connectivity index (χ1) is 34.7. The minimum Gasteiger partial charge on any atom is -0.507 e. The third-order valence-electron chi connectivity index (χ3n) is 10.4. The summed E-state index contributed by atoms with van der Waals surface area (Å²) in [6, 6.07) is 54.5. The number of benzene rings is 8. The molecule has 8 rings (SSSR count). The zero-order valence-electron chi connectivity index (χ0n) is 41.3. The van der Waals surface area contributed by atoms with Gasteiger partial charge in [0, 0.05) is 57.3 Å². The number of rotatable bonds is 14. The largest absolute Gasteiger partial charge is 0.507 e. The SMILES string of the molecule is CC(C)(C)N=Cc1ccccc1Pc1ccccc1O.COc1cc(OC)c(O)c(Pc2ccc(F)cc2C=Nc2ccccc2)c1.COc1ccc(O)c(Pc2ccc(C)cc2C=Nc2ccccc2)c1. The molecule has 0 radical (unpaired) electrons. The van der Waals surface area contributed by atoms with Crippen molar-refractivity contribution >= 4 is 87.6 Å². The highest BCUT2D eigenvalue weighted by Crippen LogP contribution is 2.33. The van der Waals surface area contributed by atoms with Crippen molar-refractivity contribution in [3.05, 3.63) is 204 Å². The number of hydrogen-bond acceptors (Lipinski definition) is 9. The van der Waals surface area contributed by atoms with Crippen LogP contribution in [0.4, 0.5) is 15.8 Å². The molecule has 0 aliphatic carbocycles. The van der Waals surface area contributed by atoms with Gasteiger partial charge in [0.1, 0.15) is 28.8 Å². The van der Waals surface area contributed by atoms with Crippen LogP contribution in [0.25, 0.3) is 0 Å². The predicted octanol–water partition coefficient (Wildman–Crippen LogP) is 11.3. The van der Waals surface area contributed by atoms with Crippen molar-refractivity contribution in [2.24, 2.45) is 15.0 Å². The van der Waals surface area contributed by atoms with Crippen molar-refractivity contribution in [1.82, 2.24) is 0 Å². The second kappa shape index (κ2) is 26.8. The summed E-state index contributed by atoms with van der Waals surface area (Å²) in [5.74, 6) is 2.00. The van der Waals surface area contributed by atoms with Crippen LogP contribution in [0.5, 0.6) is 34.5 Å². The molecule has 3 atom stereocenters. The molecule has 0 saturated heterocycles. The first-order valence-corrected chi connectivity index (χ1v) is 25.9. The third-order valence-corrected chi connectivity index (χ3v) is 14.6. The highest BCUT2D eigenvalue weighted by Gasteiger charge is 2.15. The van der Waals surface area contributed by atoms with Crippen LogP contribution >= 0.6 is 25.7 Å². The molecule has 9 nitrogen and oxygen atoms in total. The van der Waals surface area contributed by atoms with Gasteiger partial charge in [0.2, 0.25) is 0 Å². The molecule has 0 amide bonds. The molecule has 0 bridgehead atoms. The standard InChI is InChI=1S/C21H19FNO3P.C21H20NO2P.C17H20NOP/c1-25-17-11-18(26-2)21(24)20(12-17)27-19-9-8-15(22)10-14(19)13-23-16-6-4-3-5-7-16;1-15-8-11-20(25-21-13-18(24-2)9-10-19(21)23)16(12-15)14-22-17-6-4-3-5-7-17;1-17(2,3)18-12-13-8-4-6-10-15(13)20-16-11-7-5-9-14(16)19/h3-13,24,27H,1-2H3;3-14,23,25H,1-2H3;4-12,19-20H,1-3H3. The Morgan fingerprint density at radius 2 is 0.972 bits per heavy atom. The lowest BCUT2D eigenvalue weighted by molar-refractivity contribution is 0.366. The average Bonchev–Trinajstić information content (AvgIpc) is 3.38. The highest BCUT2D eigenvalue weighted by atomic mass is 31.1. The van der Waals surface area contributed by atoms with Gasteiger partial charge in [-0.3, -0.25) is 15.0 Å². The van der Waals surface area contributed by atoms with E-state index >= 15 is 0 Å². The molecule has 0 aromatic heterocycles. The lowest BCUT2D eigenvalue weighted by Crippen LogP contribution is -2.13. The van der Waals surface area contributed by atoms with E-state index in [1.54, 1.807) is 56.8 Å². The molecule has 0 aliphatic heterocycles. The van der Waals surface area contributed by atoms with Crippen molar-refractivity contribution in [2.75, 3.05) is 21.3 Å². The summed E-state index contributed by atoms with van der Waals surface area (Å²) in [6.07, 6.45) is 5.46. The predicted molar refractivity (Wildman–Crippen MR) is 305 cm³/mol. The Morgan fingerprint density at radius 3 is 1.58 bits per heavy atom. The summed E-state index contributed by atoms with van der Waals surface area (Å²) >= 11 is 0. The van der Waals surface area contributed by atoms with Crippen LogP contribution < -0.4 is 46.0 Å². The molecular formula is C59H59FN3O6P3. The number of aromatic hydroxyl groups is 3. The van der Waals surface area contributed by atoms with E-state index in [1.165, 1.54) is 30.1 Å². The number of methoxy groups -OCH3 is 3. The molecule has 0 spiro atoms. The van der Waals surface area contributed by atoms with Crippen LogP contribution in [0.3, 0.4) is 0 Å². The van der Waals surface area contributed by atoms with Crippen molar-refractivity contribution in [3.8, 4) is 34.5 Å². The number of halogens is 1. The summed E-state index contributed by atoms with van der Waals surface area (Å²) in [5.41, 5.74) is 5.62. The maximum Gasteiger partial charge on any atom is 0.165 e. The molecule has 368 valence electrons. The van der Waals surface area contributed by atoms with E-state index in [0.29, 0.717) is 45.3 Å². The lowest BCUT2D eigenvalue weighted by Gasteiger charge is -2.13. The molecule has 13 heteroatoms. The van der Waals surface area contributed by atoms with Crippen LogP contribution in [0.15, 0.2) is 191 Å². The topological polar surface area (TPSA) is 125 Å². The van der Waals surface area contributed by atoms with E-state index in [4.69, 9.17) is 14.2 Å². The minimum absolute atomic E-state index is 0.0481. The Kier molecular flexibility index (Phi) is 20.2. The molecule has 8 aromatic carbocycles. The number of nitrogens with zero attached hydrogens (tertiary/aromatic N) is 3. The van der Waals surface area contributed by atoms with E-state index in [0.717, 1.165) is 49.5 Å². The van der Waals surface area contributed by atoms with Gasteiger partial charge in [-0.2, -0.15) is 0 Å². The minimum atomic E-state index is -0.342. The molecular weight excluding hydrogens is 959 g/mol. The summed E-state index contributed by atoms with van der Waals surface area (Å²) in [5, 5.41) is 36.1. The lowest BCUT2D eigenvalue weighted by atomic mass is 10.1. The number of aliphatic imine (C=N–C) groups is 3. The van der Waals surface area contributed by atoms with Crippen molar-refractivity contribution in [3.63, 3.8) is 0 Å². The molecule has 3 unspecified atom stereocenters. The smallest absolute Gasteiger partial charge is 0.165 e. The van der Waals surface area contributed by atoms with Gasteiger partial charge in [0.15, 0.2) is 11.5 Å². The molecule has 8 aromatic rings. The van der Waals surface area contributed by atoms with Crippen LogP contribution in [0, 0.1) is 12.7 Å². The van der Waals surface area contributed by atoms with Gasteiger partial charge in [-0.15, -0.1) is 0 Å². The van der Waals surface area contributed by atoms with E-state index in [1.807, 2.05) is 109 Å². The van der Waals surface area contributed by atoms with E-state index < -0.39 is 0 Å². The van der Waals surface area contributed by atoms with Crippen LogP contribution in [0.1, 0.15) is 43.0 Å². The second-order valence-electron chi connectivity index (χ2n) is 17.0. The monoisotopic (exact) mass is 1020 g/mol. The first-order valence-electron chi connectivity index (χ1n) is 22.9. The summed E-state index contributed by atoms with van der Waals surface area (Å²) < 4.78 is 29.5. The Labute approximate surface area is 427 Å². The fourth-order valence-corrected chi connectivity index (χ4v) is 10.2. The summed E-state index contributed by atoms with van der Waals surface area (Å²) in [7, 11) is 5.47. The molecule has 0 fully saturated rings. The molecule has 0 saturated carbocycles. The molecule has 0 aliphatic rings. The van der Waals surface area contributed by atoms with Gasteiger partial charge in [0.25, 0.3) is 0 Å². The maximum absolute atomic E-state index is 13.8. The number of aryl methyl sites for hydroxylation is 1. The second-order valence-corrected chi connectivity index (χ2v) is 21.0. The van der Waals surface area contributed by atoms with Gasteiger partial charge in [-0.05, 0) is 116 Å². The van der Waals surface area contributed by atoms with E-state index in [9.17, 15) is 19.7 Å². The fraction of sp³-hybridized carbons (Fsp3) is 0.136. The average molecular weight is 1020 g/mol. The normalized spacial score (nSPS) is 11.7. The van der Waals surface area contributed by atoms with Crippen molar-refractivity contribution < 1.29 is 33.9 Å². The van der Waals surface area contributed by atoms with E-state index in [2.05, 4.69) is 73.0 Å². The molecule has 72 heavy (non-hydrogen) atoms. The van der Waals surface area contributed by atoms with Crippen LogP contribution in [-0.2, 0) is 0 Å². The Hall–Kier alpha value is -7.21. The molecule has 0 heterocycles. The number of phenols is 3. The summed E-state index contributed by atoms with van der Waals surface area (Å²) in [4.78, 5) is 13.5. The van der Waals surface area contributed by atoms with Gasteiger partial charge >= 0.3 is 0 Å². The van der Waals surface area contributed by atoms with Crippen LogP contribution in [-0.4, -0.2) is 60.8 Å². The van der Waals surface area contributed by atoms with Gasteiger partial charge in [-0.25, -0.2) is 4.39 Å². The van der Waals surface area contributed by atoms with Crippen molar-refractivity contribution in [2.45, 2.75) is 33.2 Å². The van der Waals surface area contributed by atoms with Gasteiger partial charge in [0.05, 0.1) is 38.2 Å². The fourth-order valence-electron chi connectivity index (χ4n) is 6.67. The summed E-state index contributed by atoms with van der Waals surface area (Å²) in [6.45, 7) is 8.31. The maximum atomic E-state index is 13.8. The Balaban J connectivity index is 0.000000179. The number of para-hydroxylation sites is 3. The van der Waals surface area contributed by atoms with Gasteiger partial charge in [-0.1, -0.05) is 128 Å². The zero-order valence-corrected chi connectivity index (χ0v) is 44.3.